The zero-order chi connectivity index (χ0) is 14.5. The van der Waals surface area contributed by atoms with Crippen LogP contribution in [0.15, 0.2) is 29.2 Å². The molecule has 0 aliphatic rings. The number of nitriles is 1. The molecule has 0 aliphatic heterocycles. The Labute approximate surface area is 114 Å². The van der Waals surface area contributed by atoms with E-state index in [0.29, 0.717) is 12.8 Å². The lowest BCUT2D eigenvalue weighted by molar-refractivity contribution is 0.363. The van der Waals surface area contributed by atoms with Gasteiger partial charge >= 0.3 is 0 Å². The van der Waals surface area contributed by atoms with Crippen molar-refractivity contribution in [2.75, 3.05) is 6.54 Å². The number of nitrogens with two attached hydrogens (primary N) is 1. The molecule has 0 saturated heterocycles. The van der Waals surface area contributed by atoms with Crippen molar-refractivity contribution < 1.29 is 8.42 Å². The summed E-state index contributed by atoms with van der Waals surface area (Å²) in [7, 11) is -3.75. The summed E-state index contributed by atoms with van der Waals surface area (Å²) in [4.78, 5) is -0.00257. The molecule has 3 N–H and O–H groups in total. The van der Waals surface area contributed by atoms with Crippen molar-refractivity contribution in [2.24, 2.45) is 5.73 Å². The summed E-state index contributed by atoms with van der Waals surface area (Å²) in [5.41, 5.74) is 5.16. The molecule has 0 atom stereocenters. The average molecular weight is 281 g/mol. The second kappa shape index (κ2) is 6.15. The van der Waals surface area contributed by atoms with E-state index < -0.39 is 15.6 Å². The summed E-state index contributed by atoms with van der Waals surface area (Å²) in [6, 6.07) is 8.02. The molecule has 104 valence electrons. The number of nitrogens with zero attached hydrogens (tertiary/aromatic N) is 1. The van der Waals surface area contributed by atoms with Crippen molar-refractivity contribution >= 4 is 10.0 Å². The molecule has 5 nitrogen and oxygen atoms in total. The van der Waals surface area contributed by atoms with Gasteiger partial charge < -0.3 is 5.73 Å². The Morgan fingerprint density at radius 2 is 1.89 bits per heavy atom. The molecule has 0 spiro atoms. The highest BCUT2D eigenvalue weighted by Crippen LogP contribution is 2.20. The van der Waals surface area contributed by atoms with Crippen LogP contribution < -0.4 is 10.5 Å². The van der Waals surface area contributed by atoms with Crippen molar-refractivity contribution in [3.05, 3.63) is 29.8 Å². The highest BCUT2D eigenvalue weighted by Gasteiger charge is 2.31. The number of rotatable bonds is 6. The van der Waals surface area contributed by atoms with E-state index in [1.165, 1.54) is 12.1 Å². The minimum atomic E-state index is -3.75. The molecule has 0 aromatic heterocycles. The van der Waals surface area contributed by atoms with Gasteiger partial charge in [-0.25, -0.2) is 13.1 Å². The maximum absolute atomic E-state index is 12.4. The molecule has 0 unspecified atom stereocenters. The molecule has 1 rings (SSSR count). The van der Waals surface area contributed by atoms with Crippen LogP contribution in [0.5, 0.6) is 0 Å². The Bertz CT molecular complexity index is 564. The van der Waals surface area contributed by atoms with Crippen LogP contribution >= 0.6 is 0 Å². The quantitative estimate of drug-likeness (QED) is 0.822. The molecule has 0 fully saturated rings. The topological polar surface area (TPSA) is 96.0 Å². The Hall–Kier alpha value is -1.42. The molecule has 19 heavy (non-hydrogen) atoms. The van der Waals surface area contributed by atoms with Gasteiger partial charge in [-0.15, -0.1) is 0 Å². The lowest BCUT2D eigenvalue weighted by atomic mass is 9.95. The van der Waals surface area contributed by atoms with Crippen LogP contribution in [0.2, 0.25) is 0 Å². The first kappa shape index (κ1) is 15.6. The third-order valence-electron chi connectivity index (χ3n) is 3.39. The van der Waals surface area contributed by atoms with Gasteiger partial charge in [0.25, 0.3) is 0 Å². The van der Waals surface area contributed by atoms with Crippen molar-refractivity contribution in [3.8, 4) is 6.07 Å². The zero-order valence-electron chi connectivity index (χ0n) is 11.2. The molecular formula is C13H19N3O2S. The van der Waals surface area contributed by atoms with Crippen LogP contribution in [0.25, 0.3) is 0 Å². The standard InChI is InChI=1S/C13H19N3O2S/c1-3-13(4-2,10-15)16-19(17,18)12-8-6-5-7-11(12)9-14/h5-8,16H,3-4,10,15H2,1-2H3. The van der Waals surface area contributed by atoms with Gasteiger partial charge in [0, 0.05) is 12.1 Å². The fourth-order valence-electron chi connectivity index (χ4n) is 1.86. The Kier molecular flexibility index (Phi) is 5.06. The van der Waals surface area contributed by atoms with Crippen molar-refractivity contribution in [1.82, 2.24) is 4.72 Å². The van der Waals surface area contributed by atoms with Gasteiger partial charge in [0.1, 0.15) is 6.07 Å². The Balaban J connectivity index is 3.22. The van der Waals surface area contributed by atoms with Crippen LogP contribution in [0.1, 0.15) is 32.3 Å². The molecule has 6 heteroatoms. The summed E-state index contributed by atoms with van der Waals surface area (Å²) in [5, 5.41) is 8.98. The summed E-state index contributed by atoms with van der Waals surface area (Å²) in [6.07, 6.45) is 1.18. The van der Waals surface area contributed by atoms with E-state index in [4.69, 9.17) is 11.0 Å². The predicted octanol–water partition coefficient (Wildman–Crippen LogP) is 1.35. The van der Waals surface area contributed by atoms with Crippen LogP contribution in [-0.2, 0) is 10.0 Å². The summed E-state index contributed by atoms with van der Waals surface area (Å²) in [5.74, 6) is 0. The first-order chi connectivity index (χ1) is 8.94. The first-order valence-electron chi connectivity index (χ1n) is 6.18. The fourth-order valence-corrected chi connectivity index (χ4v) is 3.57. The molecule has 1 aromatic rings. The van der Waals surface area contributed by atoms with Gasteiger partial charge in [-0.2, -0.15) is 5.26 Å². The number of sulfonamides is 1. The summed E-state index contributed by atoms with van der Waals surface area (Å²) in [6.45, 7) is 3.98. The lowest BCUT2D eigenvalue weighted by Gasteiger charge is -2.31. The number of benzene rings is 1. The lowest BCUT2D eigenvalue weighted by Crippen LogP contribution is -2.52. The number of nitrogens with one attached hydrogen (secondary N) is 1. The highest BCUT2D eigenvalue weighted by molar-refractivity contribution is 7.89. The first-order valence-corrected chi connectivity index (χ1v) is 7.66. The second-order valence-corrected chi connectivity index (χ2v) is 6.06. The fraction of sp³-hybridized carbons (Fsp3) is 0.462. The molecule has 0 amide bonds. The van der Waals surface area contributed by atoms with Crippen molar-refractivity contribution in [3.63, 3.8) is 0 Å². The van der Waals surface area contributed by atoms with Crippen LogP contribution in [0.4, 0.5) is 0 Å². The van der Waals surface area contributed by atoms with E-state index in [1.807, 2.05) is 19.9 Å². The van der Waals surface area contributed by atoms with Gasteiger partial charge in [-0.05, 0) is 25.0 Å². The van der Waals surface area contributed by atoms with E-state index in [1.54, 1.807) is 12.1 Å². The molecule has 0 radical (unpaired) electrons. The average Bonchev–Trinajstić information content (AvgIpc) is 2.45. The van der Waals surface area contributed by atoms with E-state index in [-0.39, 0.29) is 17.0 Å². The van der Waals surface area contributed by atoms with Gasteiger partial charge in [0.05, 0.1) is 10.5 Å². The summed E-state index contributed by atoms with van der Waals surface area (Å²) < 4.78 is 27.4. The van der Waals surface area contributed by atoms with E-state index >= 15 is 0 Å². The van der Waals surface area contributed by atoms with E-state index in [0.717, 1.165) is 0 Å². The molecule has 0 heterocycles. The van der Waals surface area contributed by atoms with Gasteiger partial charge in [0.15, 0.2) is 0 Å². The second-order valence-electron chi connectivity index (χ2n) is 4.41. The molecular weight excluding hydrogens is 262 g/mol. The summed E-state index contributed by atoms with van der Waals surface area (Å²) >= 11 is 0. The SMILES string of the molecule is CCC(CC)(CN)NS(=O)(=O)c1ccccc1C#N. The van der Waals surface area contributed by atoms with Crippen LogP contribution in [-0.4, -0.2) is 20.5 Å². The highest BCUT2D eigenvalue weighted by atomic mass is 32.2. The Morgan fingerprint density at radius 1 is 1.32 bits per heavy atom. The maximum atomic E-state index is 12.4. The minimum Gasteiger partial charge on any atom is -0.329 e. The smallest absolute Gasteiger partial charge is 0.242 e. The van der Waals surface area contributed by atoms with Crippen molar-refractivity contribution in [1.29, 1.82) is 5.26 Å². The monoisotopic (exact) mass is 281 g/mol. The van der Waals surface area contributed by atoms with Crippen molar-refractivity contribution in [2.45, 2.75) is 37.1 Å². The third-order valence-corrected chi connectivity index (χ3v) is 5.03. The van der Waals surface area contributed by atoms with E-state index in [2.05, 4.69) is 4.72 Å². The zero-order valence-corrected chi connectivity index (χ0v) is 12.0. The number of hydrogen-bond acceptors (Lipinski definition) is 4. The van der Waals surface area contributed by atoms with E-state index in [9.17, 15) is 8.42 Å². The normalized spacial score (nSPS) is 12.1. The van der Waals surface area contributed by atoms with Gasteiger partial charge in [-0.3, -0.25) is 0 Å². The minimum absolute atomic E-state index is 0.00257. The molecule has 0 bridgehead atoms. The van der Waals surface area contributed by atoms with Gasteiger partial charge in [-0.1, -0.05) is 26.0 Å². The Morgan fingerprint density at radius 3 is 2.37 bits per heavy atom. The van der Waals surface area contributed by atoms with Crippen LogP contribution in [0.3, 0.4) is 0 Å². The molecule has 0 saturated carbocycles. The van der Waals surface area contributed by atoms with Crippen LogP contribution in [0, 0.1) is 11.3 Å². The molecule has 1 aromatic carbocycles. The largest absolute Gasteiger partial charge is 0.329 e. The predicted molar refractivity (Wildman–Crippen MR) is 73.8 cm³/mol. The molecule has 0 aliphatic carbocycles. The third kappa shape index (κ3) is 3.32. The maximum Gasteiger partial charge on any atom is 0.242 e. The van der Waals surface area contributed by atoms with Gasteiger partial charge in [0.2, 0.25) is 10.0 Å². The number of hydrogen-bond donors (Lipinski definition) is 2.